The minimum atomic E-state index is -0.552. The van der Waals surface area contributed by atoms with Crippen molar-refractivity contribution in [3.05, 3.63) is 88.0 Å². The molecule has 3 aromatic carbocycles. The van der Waals surface area contributed by atoms with E-state index in [9.17, 15) is 14.9 Å². The molecule has 8 heteroatoms. The Bertz CT molecular complexity index is 1170. The number of non-ortho nitro benzene ring substituents is 1. The van der Waals surface area contributed by atoms with Crippen molar-refractivity contribution in [3.63, 3.8) is 0 Å². The number of nitrogens with zero attached hydrogens (tertiary/aromatic N) is 3. The first-order valence-electron chi connectivity index (χ1n) is 8.45. The number of carbonyl (C=O) groups excluding carboxylic acids is 1. The molecule has 4 rings (SSSR count). The van der Waals surface area contributed by atoms with Gasteiger partial charge in [0.2, 0.25) is 0 Å². The van der Waals surface area contributed by atoms with Crippen LogP contribution in [0.5, 0.6) is 0 Å². The van der Waals surface area contributed by atoms with Gasteiger partial charge in [0.05, 0.1) is 16.7 Å². The van der Waals surface area contributed by atoms with Crippen molar-refractivity contribution in [2.75, 3.05) is 0 Å². The highest BCUT2D eigenvalue weighted by atomic mass is 32.1. The van der Waals surface area contributed by atoms with Crippen LogP contribution in [0.2, 0.25) is 0 Å². The summed E-state index contributed by atoms with van der Waals surface area (Å²) in [6.45, 7) is 0.306. The normalized spacial score (nSPS) is 10.7. The molecule has 0 aliphatic heterocycles. The van der Waals surface area contributed by atoms with Gasteiger partial charge in [0.25, 0.3) is 11.6 Å². The molecule has 7 nitrogen and oxygen atoms in total. The van der Waals surface area contributed by atoms with Gasteiger partial charge in [-0.05, 0) is 28.8 Å². The largest absolute Gasteiger partial charge is 0.348 e. The quantitative estimate of drug-likeness (QED) is 0.407. The zero-order valence-corrected chi connectivity index (χ0v) is 15.3. The third kappa shape index (κ3) is 3.58. The molecule has 0 bridgehead atoms. The minimum absolute atomic E-state index is 0.186. The molecule has 0 radical (unpaired) electrons. The SMILES string of the molecule is O=C(NCc1cccc(-c2ccccc2)c1)c1cc([N+](=O)[O-])c2nsnc2c1. The van der Waals surface area contributed by atoms with Gasteiger partial charge in [-0.25, -0.2) is 0 Å². The molecule has 1 heterocycles. The van der Waals surface area contributed by atoms with E-state index in [1.807, 2.05) is 54.6 Å². The number of benzene rings is 3. The second-order valence-corrected chi connectivity index (χ2v) is 6.66. The van der Waals surface area contributed by atoms with Crippen molar-refractivity contribution in [1.29, 1.82) is 0 Å². The summed E-state index contributed by atoms with van der Waals surface area (Å²) >= 11 is 0.878. The number of nitro groups is 1. The van der Waals surface area contributed by atoms with Crippen molar-refractivity contribution < 1.29 is 9.72 Å². The van der Waals surface area contributed by atoms with Gasteiger partial charge in [-0.15, -0.1) is 0 Å². The molecule has 1 aromatic heterocycles. The van der Waals surface area contributed by atoms with Crippen LogP contribution in [0, 0.1) is 10.1 Å². The molecule has 1 N–H and O–H groups in total. The maximum Gasteiger partial charge on any atom is 0.299 e. The Hall–Kier alpha value is -3.65. The van der Waals surface area contributed by atoms with Crippen molar-refractivity contribution in [3.8, 4) is 11.1 Å². The first kappa shape index (κ1) is 17.7. The fraction of sp³-hybridized carbons (Fsp3) is 0.0500. The number of hydrogen-bond acceptors (Lipinski definition) is 6. The van der Waals surface area contributed by atoms with E-state index in [-0.39, 0.29) is 16.8 Å². The number of amides is 1. The molecule has 0 fully saturated rings. The summed E-state index contributed by atoms with van der Waals surface area (Å²) < 4.78 is 7.94. The Balaban J connectivity index is 1.54. The van der Waals surface area contributed by atoms with Gasteiger partial charge >= 0.3 is 0 Å². The lowest BCUT2D eigenvalue weighted by Gasteiger charge is -2.08. The average molecular weight is 390 g/mol. The summed E-state index contributed by atoms with van der Waals surface area (Å²) in [5.41, 5.74) is 3.58. The molecule has 0 spiro atoms. The molecular weight excluding hydrogens is 376 g/mol. The van der Waals surface area contributed by atoms with E-state index in [1.165, 1.54) is 12.1 Å². The number of fused-ring (bicyclic) bond motifs is 1. The zero-order valence-electron chi connectivity index (χ0n) is 14.5. The summed E-state index contributed by atoms with van der Waals surface area (Å²) in [6, 6.07) is 20.6. The number of rotatable bonds is 5. The molecule has 28 heavy (non-hydrogen) atoms. The van der Waals surface area contributed by atoms with Gasteiger partial charge in [0.15, 0.2) is 5.52 Å². The van der Waals surface area contributed by atoms with Crippen LogP contribution in [0.3, 0.4) is 0 Å². The van der Waals surface area contributed by atoms with Crippen LogP contribution in [0.15, 0.2) is 66.7 Å². The molecule has 0 atom stereocenters. The molecule has 138 valence electrons. The van der Waals surface area contributed by atoms with Crippen LogP contribution >= 0.6 is 11.7 Å². The van der Waals surface area contributed by atoms with Crippen LogP contribution in [0.25, 0.3) is 22.2 Å². The molecule has 0 unspecified atom stereocenters. The minimum Gasteiger partial charge on any atom is -0.348 e. The van der Waals surface area contributed by atoms with Crippen molar-refractivity contribution in [2.45, 2.75) is 6.54 Å². The summed E-state index contributed by atoms with van der Waals surface area (Å²) in [5.74, 6) is -0.400. The fourth-order valence-corrected chi connectivity index (χ4v) is 3.46. The monoisotopic (exact) mass is 390 g/mol. The van der Waals surface area contributed by atoms with Gasteiger partial charge in [-0.1, -0.05) is 48.5 Å². The van der Waals surface area contributed by atoms with E-state index in [2.05, 4.69) is 14.1 Å². The number of nitrogens with one attached hydrogen (secondary N) is 1. The average Bonchev–Trinajstić information content (AvgIpc) is 3.20. The van der Waals surface area contributed by atoms with Gasteiger partial charge in [0.1, 0.15) is 5.52 Å². The van der Waals surface area contributed by atoms with E-state index < -0.39 is 10.8 Å². The zero-order chi connectivity index (χ0) is 19.5. The molecule has 0 saturated carbocycles. The van der Waals surface area contributed by atoms with Gasteiger partial charge in [0, 0.05) is 18.2 Å². The van der Waals surface area contributed by atoms with Crippen LogP contribution in [-0.4, -0.2) is 19.6 Å². The van der Waals surface area contributed by atoms with Crippen molar-refractivity contribution >= 4 is 34.4 Å². The molecule has 0 aliphatic rings. The van der Waals surface area contributed by atoms with Crippen LogP contribution in [0.1, 0.15) is 15.9 Å². The number of aromatic nitrogens is 2. The summed E-state index contributed by atoms with van der Waals surface area (Å²) in [5, 5.41) is 14.1. The molecule has 0 aliphatic carbocycles. The van der Waals surface area contributed by atoms with Gasteiger partial charge in [-0.3, -0.25) is 14.9 Å². The Morgan fingerprint density at radius 3 is 2.57 bits per heavy atom. The Kier molecular flexibility index (Phi) is 4.77. The third-order valence-corrected chi connectivity index (χ3v) is 4.83. The lowest BCUT2D eigenvalue weighted by molar-refractivity contribution is -0.383. The predicted octanol–water partition coefficient (Wildman–Crippen LogP) is 4.20. The Morgan fingerprint density at radius 2 is 1.79 bits per heavy atom. The molecule has 1 amide bonds. The number of hydrogen-bond donors (Lipinski definition) is 1. The number of nitro benzene ring substituents is 1. The second kappa shape index (κ2) is 7.53. The third-order valence-electron chi connectivity index (χ3n) is 4.29. The van der Waals surface area contributed by atoms with Crippen LogP contribution in [-0.2, 0) is 6.54 Å². The number of carbonyl (C=O) groups is 1. The first-order valence-corrected chi connectivity index (χ1v) is 9.18. The van der Waals surface area contributed by atoms with E-state index in [1.54, 1.807) is 0 Å². The molecule has 0 saturated heterocycles. The van der Waals surface area contributed by atoms with Crippen molar-refractivity contribution in [2.24, 2.45) is 0 Å². The first-order chi connectivity index (χ1) is 13.6. The molecular formula is C20H14N4O3S. The standard InChI is InChI=1S/C20H14N4O3S/c25-20(16-10-17-19(23-28-22-17)18(11-16)24(26)27)21-12-13-5-4-8-15(9-13)14-6-2-1-3-7-14/h1-11H,12H2,(H,21,25). The summed E-state index contributed by atoms with van der Waals surface area (Å²) in [7, 11) is 0. The molecule has 4 aromatic rings. The predicted molar refractivity (Wildman–Crippen MR) is 107 cm³/mol. The maximum absolute atomic E-state index is 12.5. The summed E-state index contributed by atoms with van der Waals surface area (Å²) in [6.07, 6.45) is 0. The van der Waals surface area contributed by atoms with Crippen molar-refractivity contribution in [1.82, 2.24) is 14.1 Å². The lowest BCUT2D eigenvalue weighted by Crippen LogP contribution is -2.22. The lowest BCUT2D eigenvalue weighted by atomic mass is 10.0. The topological polar surface area (TPSA) is 98.0 Å². The summed E-state index contributed by atoms with van der Waals surface area (Å²) in [4.78, 5) is 23.2. The van der Waals surface area contributed by atoms with E-state index in [0.717, 1.165) is 28.4 Å². The van der Waals surface area contributed by atoms with Crippen LogP contribution in [0.4, 0.5) is 5.69 Å². The smallest absolute Gasteiger partial charge is 0.299 e. The highest BCUT2D eigenvalue weighted by molar-refractivity contribution is 7.00. The van der Waals surface area contributed by atoms with E-state index >= 15 is 0 Å². The van der Waals surface area contributed by atoms with Gasteiger partial charge in [-0.2, -0.15) is 8.75 Å². The Labute approximate surface area is 164 Å². The highest BCUT2D eigenvalue weighted by Crippen LogP contribution is 2.26. The second-order valence-electron chi connectivity index (χ2n) is 6.13. The van der Waals surface area contributed by atoms with E-state index in [0.29, 0.717) is 12.1 Å². The van der Waals surface area contributed by atoms with E-state index in [4.69, 9.17) is 0 Å². The Morgan fingerprint density at radius 1 is 1.00 bits per heavy atom. The maximum atomic E-state index is 12.5. The highest BCUT2D eigenvalue weighted by Gasteiger charge is 2.20. The fourth-order valence-electron chi connectivity index (χ4n) is 2.92. The van der Waals surface area contributed by atoms with Crippen LogP contribution < -0.4 is 5.32 Å². The van der Waals surface area contributed by atoms with Gasteiger partial charge < -0.3 is 5.32 Å².